The van der Waals surface area contributed by atoms with E-state index in [2.05, 4.69) is 26.1 Å². The number of nitrogens with zero attached hydrogens (tertiary/aromatic N) is 3. The van der Waals surface area contributed by atoms with Crippen molar-refractivity contribution in [3.63, 3.8) is 0 Å². The minimum Gasteiger partial charge on any atom is -0.353 e. The molecule has 3 N–H and O–H groups in total. The summed E-state index contributed by atoms with van der Waals surface area (Å²) in [6.45, 7) is 0. The monoisotopic (exact) mass is 458 g/mol. The number of nitro groups is 1. The van der Waals surface area contributed by atoms with Gasteiger partial charge in [0.05, 0.1) is 16.5 Å². The van der Waals surface area contributed by atoms with E-state index in [0.717, 1.165) is 23.5 Å². The molecular weight excluding hydrogens is 439 g/mol. The number of carbonyl (C=O) groups is 1. The molecule has 0 aliphatic rings. The molecule has 0 atom stereocenters. The van der Waals surface area contributed by atoms with Gasteiger partial charge >= 0.3 is 5.69 Å². The number of carbonyl (C=O) groups excluding carboxylic acids is 1. The Kier molecular flexibility index (Phi) is 6.68. The van der Waals surface area contributed by atoms with Crippen LogP contribution in [-0.2, 0) is 0 Å². The van der Waals surface area contributed by atoms with E-state index in [0.29, 0.717) is 0 Å². The van der Waals surface area contributed by atoms with Crippen molar-refractivity contribution in [3.05, 3.63) is 124 Å². The number of amides is 1. The van der Waals surface area contributed by atoms with Gasteiger partial charge in [0, 0.05) is 0 Å². The molecule has 1 heterocycles. The van der Waals surface area contributed by atoms with Crippen LogP contribution in [0, 0.1) is 15.9 Å². The molecule has 0 saturated carbocycles. The number of benzene rings is 3. The quantitative estimate of drug-likeness (QED) is 0.263. The zero-order valence-electron chi connectivity index (χ0n) is 17.7. The second kappa shape index (κ2) is 10.2. The Morgan fingerprint density at radius 1 is 0.853 bits per heavy atom. The molecule has 0 unspecified atom stereocenters. The smallest absolute Gasteiger partial charge is 0.353 e. The number of hydrazine groups is 1. The lowest BCUT2D eigenvalue weighted by atomic mass is 9.99. The van der Waals surface area contributed by atoms with Gasteiger partial charge in [0.25, 0.3) is 5.91 Å². The zero-order valence-corrected chi connectivity index (χ0v) is 17.7. The molecule has 0 aliphatic heterocycles. The summed E-state index contributed by atoms with van der Waals surface area (Å²) in [6, 6.07) is 23.7. The third-order valence-corrected chi connectivity index (χ3v) is 4.96. The van der Waals surface area contributed by atoms with Crippen LogP contribution in [0.25, 0.3) is 0 Å². The number of hydrogen-bond acceptors (Lipinski definition) is 7. The predicted molar refractivity (Wildman–Crippen MR) is 125 cm³/mol. The molecule has 0 bridgehead atoms. The van der Waals surface area contributed by atoms with E-state index >= 15 is 0 Å². The first-order valence-corrected chi connectivity index (χ1v) is 10.2. The standard InChI is InChI=1S/C24H19FN6O3/c25-19-14-8-7-13-18(19)24(32)30-29-23-21(31(33)34)22(26-15-27-23)28-20(16-9-3-1-4-10-16)17-11-5-2-6-12-17/h1-15,20H,(H,30,32)(H2,26,27,28,29). The van der Waals surface area contributed by atoms with E-state index in [4.69, 9.17) is 0 Å². The van der Waals surface area contributed by atoms with Crippen molar-refractivity contribution in [2.45, 2.75) is 6.04 Å². The summed E-state index contributed by atoms with van der Waals surface area (Å²) in [6.07, 6.45) is 1.12. The molecule has 1 amide bonds. The molecule has 34 heavy (non-hydrogen) atoms. The van der Waals surface area contributed by atoms with Crippen LogP contribution in [0.4, 0.5) is 21.7 Å². The second-order valence-corrected chi connectivity index (χ2v) is 7.13. The lowest BCUT2D eigenvalue weighted by Gasteiger charge is -2.20. The Hall–Kier alpha value is -4.86. The molecule has 170 valence electrons. The molecule has 0 aliphatic carbocycles. The van der Waals surface area contributed by atoms with Crippen molar-refractivity contribution < 1.29 is 14.1 Å². The molecule has 0 spiro atoms. The van der Waals surface area contributed by atoms with Crippen molar-refractivity contribution in [2.24, 2.45) is 0 Å². The minimum atomic E-state index is -0.813. The van der Waals surface area contributed by atoms with Gasteiger partial charge in [0.15, 0.2) is 0 Å². The Labute approximate surface area is 193 Å². The predicted octanol–water partition coefficient (Wildman–Crippen LogP) is 4.48. The molecule has 0 radical (unpaired) electrons. The van der Waals surface area contributed by atoms with E-state index < -0.39 is 28.4 Å². The summed E-state index contributed by atoms with van der Waals surface area (Å²) in [5.74, 6) is -1.85. The SMILES string of the molecule is O=C(NNc1ncnc(NC(c2ccccc2)c2ccccc2)c1[N+](=O)[O-])c1ccccc1F. The molecule has 3 aromatic carbocycles. The first-order chi connectivity index (χ1) is 16.5. The van der Waals surface area contributed by atoms with E-state index in [1.165, 1.54) is 18.2 Å². The average Bonchev–Trinajstić information content (AvgIpc) is 2.87. The van der Waals surface area contributed by atoms with E-state index in [9.17, 15) is 19.3 Å². The molecular formula is C24H19FN6O3. The highest BCUT2D eigenvalue weighted by Crippen LogP contribution is 2.33. The van der Waals surface area contributed by atoms with Gasteiger partial charge < -0.3 is 5.32 Å². The van der Waals surface area contributed by atoms with Crippen molar-refractivity contribution in [3.8, 4) is 0 Å². The van der Waals surface area contributed by atoms with E-state index in [1.807, 2.05) is 60.7 Å². The molecule has 0 saturated heterocycles. The highest BCUT2D eigenvalue weighted by Gasteiger charge is 2.26. The Morgan fingerprint density at radius 3 is 2.00 bits per heavy atom. The largest absolute Gasteiger partial charge is 0.354 e. The number of nitrogens with one attached hydrogen (secondary N) is 3. The van der Waals surface area contributed by atoms with Gasteiger partial charge in [0.2, 0.25) is 11.6 Å². The maximum absolute atomic E-state index is 13.9. The number of halogens is 1. The van der Waals surface area contributed by atoms with Crippen LogP contribution in [0.1, 0.15) is 27.5 Å². The van der Waals surface area contributed by atoms with Gasteiger partial charge in [-0.2, -0.15) is 0 Å². The van der Waals surface area contributed by atoms with Crippen LogP contribution in [-0.4, -0.2) is 20.8 Å². The second-order valence-electron chi connectivity index (χ2n) is 7.13. The van der Waals surface area contributed by atoms with Crippen molar-refractivity contribution in [1.29, 1.82) is 0 Å². The van der Waals surface area contributed by atoms with Gasteiger partial charge in [-0.15, -0.1) is 0 Å². The fourth-order valence-corrected chi connectivity index (χ4v) is 3.36. The Balaban J connectivity index is 1.64. The third kappa shape index (κ3) is 4.96. The van der Waals surface area contributed by atoms with E-state index in [1.54, 1.807) is 0 Å². The average molecular weight is 458 g/mol. The van der Waals surface area contributed by atoms with Crippen molar-refractivity contribution >= 4 is 23.2 Å². The lowest BCUT2D eigenvalue weighted by Crippen LogP contribution is -2.31. The molecule has 10 heteroatoms. The fraction of sp³-hybridized carbons (Fsp3) is 0.0417. The summed E-state index contributed by atoms with van der Waals surface area (Å²) < 4.78 is 13.9. The highest BCUT2D eigenvalue weighted by molar-refractivity contribution is 5.95. The van der Waals surface area contributed by atoms with Crippen LogP contribution in [0.2, 0.25) is 0 Å². The molecule has 4 aromatic rings. The van der Waals surface area contributed by atoms with Gasteiger partial charge in [-0.05, 0) is 23.3 Å². The van der Waals surface area contributed by atoms with Gasteiger partial charge in [-0.1, -0.05) is 72.8 Å². The molecule has 4 rings (SSSR count). The summed E-state index contributed by atoms with van der Waals surface area (Å²) in [5, 5.41) is 15.1. The summed E-state index contributed by atoms with van der Waals surface area (Å²) in [4.78, 5) is 31.6. The number of anilines is 2. The molecule has 0 fully saturated rings. The number of hydrogen-bond donors (Lipinski definition) is 3. The molecule has 9 nitrogen and oxygen atoms in total. The third-order valence-electron chi connectivity index (χ3n) is 4.96. The highest BCUT2D eigenvalue weighted by atomic mass is 19.1. The first-order valence-electron chi connectivity index (χ1n) is 10.2. The lowest BCUT2D eigenvalue weighted by molar-refractivity contribution is -0.383. The van der Waals surface area contributed by atoms with Crippen molar-refractivity contribution in [2.75, 3.05) is 10.7 Å². The Morgan fingerprint density at radius 2 is 1.41 bits per heavy atom. The first kappa shape index (κ1) is 22.3. The van der Waals surface area contributed by atoms with Crippen LogP contribution >= 0.6 is 0 Å². The molecule has 1 aromatic heterocycles. The Bertz CT molecular complexity index is 1270. The van der Waals surface area contributed by atoms with Crippen molar-refractivity contribution in [1.82, 2.24) is 15.4 Å². The van der Waals surface area contributed by atoms with Gasteiger partial charge in [0.1, 0.15) is 12.1 Å². The van der Waals surface area contributed by atoms with Crippen LogP contribution in [0.5, 0.6) is 0 Å². The van der Waals surface area contributed by atoms with Crippen LogP contribution < -0.4 is 16.2 Å². The maximum Gasteiger partial charge on any atom is 0.354 e. The number of rotatable bonds is 8. The minimum absolute atomic E-state index is 0.0552. The fourth-order valence-electron chi connectivity index (χ4n) is 3.36. The van der Waals surface area contributed by atoms with Crippen LogP contribution in [0.15, 0.2) is 91.3 Å². The zero-order chi connectivity index (χ0) is 23.9. The van der Waals surface area contributed by atoms with E-state index in [-0.39, 0.29) is 17.2 Å². The maximum atomic E-state index is 13.9. The normalized spacial score (nSPS) is 10.5. The summed E-state index contributed by atoms with van der Waals surface area (Å²) >= 11 is 0. The summed E-state index contributed by atoms with van der Waals surface area (Å²) in [7, 11) is 0. The van der Waals surface area contributed by atoms with Gasteiger partial charge in [-0.25, -0.2) is 14.4 Å². The van der Waals surface area contributed by atoms with Crippen LogP contribution in [0.3, 0.4) is 0 Å². The number of aromatic nitrogens is 2. The van der Waals surface area contributed by atoms with Gasteiger partial charge in [-0.3, -0.25) is 25.8 Å². The summed E-state index contributed by atoms with van der Waals surface area (Å²) in [5.41, 5.74) is 5.69. The topological polar surface area (TPSA) is 122 Å².